The predicted octanol–water partition coefficient (Wildman–Crippen LogP) is 6.56. The van der Waals surface area contributed by atoms with Crippen LogP contribution in [0.5, 0.6) is 0 Å². The lowest BCUT2D eigenvalue weighted by Crippen LogP contribution is -1.96. The highest BCUT2D eigenvalue weighted by Crippen LogP contribution is 2.33. The highest BCUT2D eigenvalue weighted by Gasteiger charge is 2.21. The molecule has 4 rings (SSSR count). The van der Waals surface area contributed by atoms with E-state index >= 15 is 0 Å². The molecule has 1 unspecified atom stereocenters. The Labute approximate surface area is 163 Å². The van der Waals surface area contributed by atoms with Crippen LogP contribution in [0.2, 0.25) is 0 Å². The van der Waals surface area contributed by atoms with Gasteiger partial charge in [-0.1, -0.05) is 88.7 Å². The molecule has 0 bridgehead atoms. The smallest absolute Gasteiger partial charge is 0.0756 e. The molecule has 0 spiro atoms. The second-order valence-electron chi connectivity index (χ2n) is 6.84. The first-order valence-electron chi connectivity index (χ1n) is 9.24. The molecule has 2 heteroatoms. The maximum absolute atomic E-state index is 5.00. The van der Waals surface area contributed by atoms with Crippen molar-refractivity contribution >= 4 is 21.6 Å². The van der Waals surface area contributed by atoms with Crippen molar-refractivity contribution in [1.82, 2.24) is 0 Å². The highest BCUT2D eigenvalue weighted by molar-refractivity contribution is 9.10. The molecule has 3 aromatic rings. The molecule has 1 heterocycles. The predicted molar refractivity (Wildman–Crippen MR) is 113 cm³/mol. The van der Waals surface area contributed by atoms with E-state index in [-0.39, 0.29) is 0 Å². The van der Waals surface area contributed by atoms with Crippen molar-refractivity contribution in [3.8, 4) is 0 Å². The lowest BCUT2D eigenvalue weighted by Gasteiger charge is -2.08. The molecule has 0 N–H and O–H groups in total. The van der Waals surface area contributed by atoms with Crippen LogP contribution in [0.1, 0.15) is 41.1 Å². The van der Waals surface area contributed by atoms with E-state index in [2.05, 4.69) is 94.8 Å². The highest BCUT2D eigenvalue weighted by atomic mass is 79.9. The van der Waals surface area contributed by atoms with E-state index in [0.29, 0.717) is 6.04 Å². The number of aliphatic imine (C=N–C) groups is 1. The van der Waals surface area contributed by atoms with Crippen LogP contribution in [0.4, 0.5) is 0 Å². The maximum atomic E-state index is 5.00. The molecule has 0 amide bonds. The minimum Gasteiger partial charge on any atom is -0.281 e. The number of benzene rings is 3. The fourth-order valence-electron chi connectivity index (χ4n) is 3.57. The summed E-state index contributed by atoms with van der Waals surface area (Å²) in [6.45, 7) is 0. The van der Waals surface area contributed by atoms with Gasteiger partial charge in [-0.15, -0.1) is 0 Å². The van der Waals surface area contributed by atoms with Crippen LogP contribution < -0.4 is 0 Å². The summed E-state index contributed by atoms with van der Waals surface area (Å²) >= 11 is 3.65. The largest absolute Gasteiger partial charge is 0.281 e. The Hall–Kier alpha value is -2.19. The van der Waals surface area contributed by atoms with Gasteiger partial charge in [0.1, 0.15) is 0 Å². The number of hydrogen-bond donors (Lipinski definition) is 0. The van der Waals surface area contributed by atoms with Crippen molar-refractivity contribution in [1.29, 1.82) is 0 Å². The van der Waals surface area contributed by atoms with E-state index in [1.54, 1.807) is 0 Å². The normalized spacial score (nSPS) is 16.5. The minimum atomic E-state index is 0.292. The number of nitrogens with zero attached hydrogens (tertiary/aromatic N) is 1. The number of rotatable bonds is 5. The number of aryl methyl sites for hydroxylation is 2. The first-order valence-corrected chi connectivity index (χ1v) is 10.0. The SMILES string of the molecule is Brc1ccccc1C1=NC(c2ccc(CCc3ccccc3)cc2)CC1. The van der Waals surface area contributed by atoms with Crippen molar-refractivity contribution < 1.29 is 0 Å². The van der Waals surface area contributed by atoms with Gasteiger partial charge in [-0.2, -0.15) is 0 Å². The molecule has 0 aliphatic carbocycles. The molecule has 1 aliphatic heterocycles. The monoisotopic (exact) mass is 403 g/mol. The Morgan fingerprint density at radius 1 is 0.769 bits per heavy atom. The van der Waals surface area contributed by atoms with Crippen molar-refractivity contribution in [2.45, 2.75) is 31.7 Å². The number of halogens is 1. The molecule has 3 aromatic carbocycles. The summed E-state index contributed by atoms with van der Waals surface area (Å²) in [5.74, 6) is 0. The van der Waals surface area contributed by atoms with Gasteiger partial charge < -0.3 is 0 Å². The molecular formula is C24H22BrN. The van der Waals surface area contributed by atoms with Gasteiger partial charge >= 0.3 is 0 Å². The van der Waals surface area contributed by atoms with E-state index in [1.165, 1.54) is 28.0 Å². The summed E-state index contributed by atoms with van der Waals surface area (Å²) in [5.41, 5.74) is 6.57. The van der Waals surface area contributed by atoms with Gasteiger partial charge in [0.25, 0.3) is 0 Å². The molecule has 26 heavy (non-hydrogen) atoms. The Kier molecular flexibility index (Phi) is 5.31. The van der Waals surface area contributed by atoms with E-state index in [1.807, 2.05) is 0 Å². The molecule has 0 radical (unpaired) electrons. The fourth-order valence-corrected chi connectivity index (χ4v) is 4.08. The Morgan fingerprint density at radius 2 is 1.42 bits per heavy atom. The van der Waals surface area contributed by atoms with Gasteiger partial charge in [0.15, 0.2) is 0 Å². The minimum absolute atomic E-state index is 0.292. The Morgan fingerprint density at radius 3 is 2.15 bits per heavy atom. The topological polar surface area (TPSA) is 12.4 Å². The second kappa shape index (κ2) is 8.01. The molecule has 1 aliphatic rings. The summed E-state index contributed by atoms with van der Waals surface area (Å²) in [5, 5.41) is 0. The summed E-state index contributed by atoms with van der Waals surface area (Å²) in [6.07, 6.45) is 4.32. The Bertz CT molecular complexity index is 897. The van der Waals surface area contributed by atoms with Crippen LogP contribution in [0, 0.1) is 0 Å². The third-order valence-electron chi connectivity index (χ3n) is 5.06. The third kappa shape index (κ3) is 3.96. The summed E-state index contributed by atoms with van der Waals surface area (Å²) in [7, 11) is 0. The first-order chi connectivity index (χ1) is 12.8. The van der Waals surface area contributed by atoms with Gasteiger partial charge in [0.2, 0.25) is 0 Å². The standard InChI is InChI=1S/C24H22BrN/c25-22-9-5-4-8-21(22)24-17-16-23(26-24)20-14-12-19(13-15-20)11-10-18-6-2-1-3-7-18/h1-9,12-15,23H,10-11,16-17H2. The Balaban J connectivity index is 1.43. The van der Waals surface area contributed by atoms with Gasteiger partial charge in [-0.25, -0.2) is 0 Å². The average Bonchev–Trinajstić information content (AvgIpc) is 3.18. The van der Waals surface area contributed by atoms with E-state index in [9.17, 15) is 0 Å². The molecule has 0 saturated carbocycles. The molecule has 1 nitrogen and oxygen atoms in total. The van der Waals surface area contributed by atoms with Crippen LogP contribution in [-0.2, 0) is 12.8 Å². The van der Waals surface area contributed by atoms with Crippen LogP contribution in [-0.4, -0.2) is 5.71 Å². The zero-order chi connectivity index (χ0) is 17.8. The average molecular weight is 404 g/mol. The van der Waals surface area contributed by atoms with E-state index < -0.39 is 0 Å². The molecular weight excluding hydrogens is 382 g/mol. The van der Waals surface area contributed by atoms with Crippen molar-refractivity contribution in [2.24, 2.45) is 4.99 Å². The van der Waals surface area contributed by atoms with Crippen molar-refractivity contribution in [3.63, 3.8) is 0 Å². The lowest BCUT2D eigenvalue weighted by atomic mass is 9.99. The first kappa shape index (κ1) is 17.2. The molecule has 0 aromatic heterocycles. The van der Waals surface area contributed by atoms with Crippen molar-refractivity contribution in [2.75, 3.05) is 0 Å². The van der Waals surface area contributed by atoms with Gasteiger partial charge in [0, 0.05) is 15.7 Å². The quantitative estimate of drug-likeness (QED) is 0.457. The summed E-state index contributed by atoms with van der Waals surface area (Å²) in [6, 6.07) is 28.4. The van der Waals surface area contributed by atoms with Gasteiger partial charge in [-0.3, -0.25) is 4.99 Å². The number of hydrogen-bond acceptors (Lipinski definition) is 1. The summed E-state index contributed by atoms with van der Waals surface area (Å²) < 4.78 is 1.13. The second-order valence-corrected chi connectivity index (χ2v) is 7.69. The van der Waals surface area contributed by atoms with Crippen LogP contribution in [0.15, 0.2) is 88.3 Å². The van der Waals surface area contributed by atoms with E-state index in [0.717, 1.165) is 30.2 Å². The van der Waals surface area contributed by atoms with E-state index in [4.69, 9.17) is 4.99 Å². The fraction of sp³-hybridized carbons (Fsp3) is 0.208. The molecule has 0 saturated heterocycles. The molecule has 130 valence electrons. The molecule has 1 atom stereocenters. The summed E-state index contributed by atoms with van der Waals surface area (Å²) in [4.78, 5) is 5.00. The zero-order valence-corrected chi connectivity index (χ0v) is 16.3. The van der Waals surface area contributed by atoms with Gasteiger partial charge in [-0.05, 0) is 48.4 Å². The maximum Gasteiger partial charge on any atom is 0.0756 e. The zero-order valence-electron chi connectivity index (χ0n) is 14.7. The van der Waals surface area contributed by atoms with Gasteiger partial charge in [0.05, 0.1) is 6.04 Å². The third-order valence-corrected chi connectivity index (χ3v) is 5.75. The van der Waals surface area contributed by atoms with Crippen LogP contribution >= 0.6 is 15.9 Å². The van der Waals surface area contributed by atoms with Crippen molar-refractivity contribution in [3.05, 3.63) is 106 Å². The van der Waals surface area contributed by atoms with Crippen LogP contribution in [0.3, 0.4) is 0 Å². The molecule has 0 fully saturated rings. The lowest BCUT2D eigenvalue weighted by molar-refractivity contribution is 0.722. The van der Waals surface area contributed by atoms with Crippen LogP contribution in [0.25, 0.3) is 0 Å².